The van der Waals surface area contributed by atoms with Gasteiger partial charge in [-0.1, -0.05) is 57.0 Å². The second-order valence-electron chi connectivity index (χ2n) is 7.80. The minimum absolute atomic E-state index is 0.0906. The summed E-state index contributed by atoms with van der Waals surface area (Å²) in [5.74, 6) is 0.198. The molecular formula is C21H43ClO3. The normalized spacial score (nSPS) is 14.0. The van der Waals surface area contributed by atoms with Crippen molar-refractivity contribution in [3.63, 3.8) is 0 Å². The highest BCUT2D eigenvalue weighted by atomic mass is 35.5. The molecule has 0 spiro atoms. The van der Waals surface area contributed by atoms with Crippen molar-refractivity contribution in [3.05, 3.63) is 0 Å². The Morgan fingerprint density at radius 1 is 0.720 bits per heavy atom. The Balaban J connectivity index is 4.52. The van der Waals surface area contributed by atoms with Crippen LogP contribution < -0.4 is 0 Å². The molecular weight excluding hydrogens is 336 g/mol. The molecule has 0 rings (SSSR count). The van der Waals surface area contributed by atoms with Crippen LogP contribution in [-0.4, -0.2) is 30.7 Å². The zero-order valence-electron chi connectivity index (χ0n) is 17.7. The van der Waals surface area contributed by atoms with Gasteiger partial charge in [-0.05, 0) is 53.9 Å². The fourth-order valence-electron chi connectivity index (χ4n) is 3.04. The summed E-state index contributed by atoms with van der Waals surface area (Å²) >= 11 is 6.75. The smallest absolute Gasteiger partial charge is 0.251 e. The van der Waals surface area contributed by atoms with Gasteiger partial charge in [0.05, 0.1) is 5.60 Å². The van der Waals surface area contributed by atoms with E-state index in [1.54, 1.807) is 0 Å². The van der Waals surface area contributed by atoms with Crippen molar-refractivity contribution in [3.8, 4) is 0 Å². The molecule has 0 saturated heterocycles. The van der Waals surface area contributed by atoms with Gasteiger partial charge < -0.3 is 14.2 Å². The summed E-state index contributed by atoms with van der Waals surface area (Å²) in [4.78, 5) is 0. The van der Waals surface area contributed by atoms with Gasteiger partial charge in [-0.25, -0.2) is 0 Å². The number of ether oxygens (including phenoxy) is 3. The fraction of sp³-hybridized carbons (Fsp3) is 1.00. The number of unbranched alkanes of at least 4 members (excludes halogenated alkanes) is 5. The van der Waals surface area contributed by atoms with Crippen molar-refractivity contribution in [1.82, 2.24) is 0 Å². The highest BCUT2D eigenvalue weighted by Crippen LogP contribution is 2.36. The fourth-order valence-corrected chi connectivity index (χ4v) is 3.48. The van der Waals surface area contributed by atoms with Crippen LogP contribution in [0.5, 0.6) is 0 Å². The van der Waals surface area contributed by atoms with Gasteiger partial charge in [-0.2, -0.15) is 0 Å². The number of rotatable bonds is 16. The molecule has 0 N–H and O–H groups in total. The summed E-state index contributed by atoms with van der Waals surface area (Å²) < 4.78 is 17.5. The summed E-state index contributed by atoms with van der Waals surface area (Å²) in [7, 11) is 0. The van der Waals surface area contributed by atoms with Crippen LogP contribution in [0.2, 0.25) is 0 Å². The third-order valence-corrected chi connectivity index (χ3v) is 4.83. The molecule has 0 aromatic heterocycles. The Morgan fingerprint density at radius 2 is 1.24 bits per heavy atom. The van der Waals surface area contributed by atoms with E-state index in [0.29, 0.717) is 13.2 Å². The molecule has 0 aliphatic rings. The van der Waals surface area contributed by atoms with Crippen LogP contribution in [0.4, 0.5) is 0 Å². The summed E-state index contributed by atoms with van der Waals surface area (Å²) in [6.45, 7) is 14.3. The zero-order chi connectivity index (χ0) is 19.2. The molecule has 1 atom stereocenters. The second kappa shape index (κ2) is 14.3. The first-order valence-corrected chi connectivity index (χ1v) is 10.8. The monoisotopic (exact) mass is 378 g/mol. The SMILES string of the molecule is CCCCCCCCC(CCCOC(C)(C)C)C(Cl)(OCC)OCC. The Hall–Kier alpha value is 0.170. The molecule has 0 fully saturated rings. The predicted molar refractivity (Wildman–Crippen MR) is 108 cm³/mol. The van der Waals surface area contributed by atoms with Gasteiger partial charge in [0.15, 0.2) is 0 Å². The number of hydrogen-bond acceptors (Lipinski definition) is 3. The lowest BCUT2D eigenvalue weighted by Gasteiger charge is -2.35. The molecule has 25 heavy (non-hydrogen) atoms. The molecule has 0 aromatic carbocycles. The summed E-state index contributed by atoms with van der Waals surface area (Å²) in [6, 6.07) is 0. The average molecular weight is 379 g/mol. The quantitative estimate of drug-likeness (QED) is 0.166. The Morgan fingerprint density at radius 3 is 1.76 bits per heavy atom. The first kappa shape index (κ1) is 25.2. The van der Waals surface area contributed by atoms with Crippen LogP contribution in [0, 0.1) is 5.92 Å². The van der Waals surface area contributed by atoms with E-state index in [-0.39, 0.29) is 11.5 Å². The highest BCUT2D eigenvalue weighted by Gasteiger charge is 2.38. The molecule has 0 saturated carbocycles. The predicted octanol–water partition coefficient (Wildman–Crippen LogP) is 6.91. The Labute approximate surface area is 162 Å². The minimum Gasteiger partial charge on any atom is -0.376 e. The van der Waals surface area contributed by atoms with E-state index < -0.39 is 5.25 Å². The van der Waals surface area contributed by atoms with E-state index in [1.807, 2.05) is 13.8 Å². The molecule has 0 heterocycles. The lowest BCUT2D eigenvalue weighted by molar-refractivity contribution is -0.207. The maximum atomic E-state index is 6.75. The number of alkyl halides is 1. The lowest BCUT2D eigenvalue weighted by atomic mass is 9.94. The van der Waals surface area contributed by atoms with E-state index in [0.717, 1.165) is 25.9 Å². The van der Waals surface area contributed by atoms with Crippen molar-refractivity contribution < 1.29 is 14.2 Å². The van der Waals surface area contributed by atoms with E-state index in [9.17, 15) is 0 Å². The average Bonchev–Trinajstić information content (AvgIpc) is 2.52. The number of halogens is 1. The Bertz CT molecular complexity index is 296. The first-order chi connectivity index (χ1) is 11.8. The molecule has 0 aliphatic carbocycles. The molecule has 1 unspecified atom stereocenters. The maximum absolute atomic E-state index is 6.75. The van der Waals surface area contributed by atoms with Gasteiger partial charge >= 0.3 is 0 Å². The molecule has 0 radical (unpaired) electrons. The van der Waals surface area contributed by atoms with Crippen molar-refractivity contribution in [2.75, 3.05) is 19.8 Å². The maximum Gasteiger partial charge on any atom is 0.251 e. The van der Waals surface area contributed by atoms with Gasteiger partial charge in [-0.15, -0.1) is 0 Å². The highest BCUT2D eigenvalue weighted by molar-refractivity contribution is 6.22. The van der Waals surface area contributed by atoms with Crippen LogP contribution in [0.25, 0.3) is 0 Å². The van der Waals surface area contributed by atoms with Gasteiger partial charge in [0, 0.05) is 25.7 Å². The molecule has 3 nitrogen and oxygen atoms in total. The standard InChI is InChI=1S/C21H43ClO3/c1-7-10-11-12-13-14-16-19(17-15-18-25-20(4,5)6)21(22,23-8-2)24-9-3/h19H,7-18H2,1-6H3. The summed E-state index contributed by atoms with van der Waals surface area (Å²) in [5.41, 5.74) is -0.0906. The van der Waals surface area contributed by atoms with Crippen LogP contribution in [0.15, 0.2) is 0 Å². The van der Waals surface area contributed by atoms with Crippen LogP contribution >= 0.6 is 11.6 Å². The number of hydrogen-bond donors (Lipinski definition) is 0. The van der Waals surface area contributed by atoms with Crippen LogP contribution in [0.1, 0.15) is 99.3 Å². The van der Waals surface area contributed by atoms with Gasteiger partial charge in [0.2, 0.25) is 0 Å². The first-order valence-electron chi connectivity index (χ1n) is 10.4. The lowest BCUT2D eigenvalue weighted by Crippen LogP contribution is -2.38. The largest absolute Gasteiger partial charge is 0.376 e. The van der Waals surface area contributed by atoms with E-state index >= 15 is 0 Å². The topological polar surface area (TPSA) is 27.7 Å². The molecule has 0 bridgehead atoms. The molecule has 0 aromatic rings. The third-order valence-electron chi connectivity index (χ3n) is 4.31. The van der Waals surface area contributed by atoms with E-state index in [4.69, 9.17) is 25.8 Å². The van der Waals surface area contributed by atoms with Gasteiger partial charge in [0.1, 0.15) is 0 Å². The van der Waals surface area contributed by atoms with E-state index in [1.165, 1.54) is 38.5 Å². The van der Waals surface area contributed by atoms with Crippen molar-refractivity contribution in [2.24, 2.45) is 5.92 Å². The zero-order valence-corrected chi connectivity index (χ0v) is 18.4. The minimum atomic E-state index is -0.991. The van der Waals surface area contributed by atoms with Crippen molar-refractivity contribution in [1.29, 1.82) is 0 Å². The molecule has 0 amide bonds. The van der Waals surface area contributed by atoms with Crippen molar-refractivity contribution in [2.45, 2.75) is 110 Å². The van der Waals surface area contributed by atoms with Crippen molar-refractivity contribution >= 4 is 11.6 Å². The van der Waals surface area contributed by atoms with Crippen LogP contribution in [-0.2, 0) is 14.2 Å². The second-order valence-corrected chi connectivity index (χ2v) is 8.33. The third kappa shape index (κ3) is 13.1. The summed E-state index contributed by atoms with van der Waals surface area (Å²) in [5, 5.41) is -0.991. The molecule has 152 valence electrons. The van der Waals surface area contributed by atoms with Gasteiger partial charge in [0.25, 0.3) is 5.25 Å². The van der Waals surface area contributed by atoms with Crippen LogP contribution in [0.3, 0.4) is 0 Å². The van der Waals surface area contributed by atoms with E-state index in [2.05, 4.69) is 27.7 Å². The summed E-state index contributed by atoms with van der Waals surface area (Å²) in [6.07, 6.45) is 10.7. The molecule has 0 aliphatic heterocycles. The van der Waals surface area contributed by atoms with Gasteiger partial charge in [-0.3, -0.25) is 0 Å². The molecule has 4 heteroatoms. The Kier molecular flexibility index (Phi) is 14.4.